The number of hydrogen-bond donors (Lipinski definition) is 2. The summed E-state index contributed by atoms with van der Waals surface area (Å²) in [7, 11) is 0. The number of halogens is 2. The van der Waals surface area contributed by atoms with E-state index in [1.807, 2.05) is 24.3 Å². The SMILES string of the molecule is CCOc1cc(/C=C/C(=O)Nc2ccc(CCN3CCC(C(N)=O)CC3)cc2)ccc1OC(F)F. The Morgan fingerprint density at radius 2 is 1.86 bits per heavy atom. The Hall–Kier alpha value is -3.46. The third-order valence-corrected chi connectivity index (χ3v) is 5.84. The molecule has 1 heterocycles. The summed E-state index contributed by atoms with van der Waals surface area (Å²) in [6.07, 6.45) is 5.44. The molecule has 2 amide bonds. The maximum Gasteiger partial charge on any atom is 0.387 e. The molecule has 9 heteroatoms. The van der Waals surface area contributed by atoms with Gasteiger partial charge in [0.1, 0.15) is 0 Å². The standard InChI is InChI=1S/C26H31F2N3O4/c1-2-34-23-17-19(5-9-22(23)35-26(27)28)6-10-24(32)30-21-7-3-18(4-8-21)11-14-31-15-12-20(13-16-31)25(29)33/h3-10,17,20,26H,2,11-16H2,1H3,(H2,29,33)(H,30,32)/b10-6+. The number of carbonyl (C=O) groups is 2. The van der Waals surface area contributed by atoms with E-state index in [2.05, 4.69) is 15.0 Å². The molecule has 0 aliphatic carbocycles. The van der Waals surface area contributed by atoms with Gasteiger partial charge in [0.2, 0.25) is 11.8 Å². The quantitative estimate of drug-likeness (QED) is 0.466. The Morgan fingerprint density at radius 3 is 2.49 bits per heavy atom. The van der Waals surface area contributed by atoms with Crippen LogP contribution in [0.15, 0.2) is 48.5 Å². The number of benzene rings is 2. The van der Waals surface area contributed by atoms with Crippen molar-refractivity contribution in [3.8, 4) is 11.5 Å². The van der Waals surface area contributed by atoms with Crippen LogP contribution in [0.3, 0.4) is 0 Å². The number of nitrogens with two attached hydrogens (primary N) is 1. The fraction of sp³-hybridized carbons (Fsp3) is 0.385. The number of alkyl halides is 2. The van der Waals surface area contributed by atoms with Crippen LogP contribution in [0, 0.1) is 5.92 Å². The van der Waals surface area contributed by atoms with Crippen LogP contribution in [-0.4, -0.2) is 49.6 Å². The minimum absolute atomic E-state index is 0.00575. The van der Waals surface area contributed by atoms with Gasteiger partial charge in [0, 0.05) is 24.2 Å². The van der Waals surface area contributed by atoms with Crippen molar-refractivity contribution in [3.05, 3.63) is 59.7 Å². The number of amides is 2. The second kappa shape index (κ2) is 12.9. The van der Waals surface area contributed by atoms with Gasteiger partial charge < -0.3 is 25.4 Å². The number of nitrogens with zero attached hydrogens (tertiary/aromatic N) is 1. The topological polar surface area (TPSA) is 93.9 Å². The summed E-state index contributed by atoms with van der Waals surface area (Å²) in [5, 5.41) is 2.80. The van der Waals surface area contributed by atoms with E-state index >= 15 is 0 Å². The zero-order valence-electron chi connectivity index (χ0n) is 19.7. The summed E-state index contributed by atoms with van der Waals surface area (Å²) in [5.74, 6) is -0.402. The Balaban J connectivity index is 1.48. The summed E-state index contributed by atoms with van der Waals surface area (Å²) >= 11 is 0. The van der Waals surface area contributed by atoms with Gasteiger partial charge in [-0.25, -0.2) is 0 Å². The monoisotopic (exact) mass is 487 g/mol. The second-order valence-electron chi connectivity index (χ2n) is 8.31. The molecule has 0 spiro atoms. The van der Waals surface area contributed by atoms with Gasteiger partial charge in [0.15, 0.2) is 11.5 Å². The first-order valence-electron chi connectivity index (χ1n) is 11.7. The van der Waals surface area contributed by atoms with Gasteiger partial charge in [0.25, 0.3) is 0 Å². The first kappa shape index (κ1) is 26.2. The number of nitrogens with one attached hydrogen (secondary N) is 1. The molecule has 0 unspecified atom stereocenters. The molecule has 0 saturated carbocycles. The number of ether oxygens (including phenoxy) is 2. The highest BCUT2D eigenvalue weighted by Gasteiger charge is 2.22. The first-order chi connectivity index (χ1) is 16.8. The van der Waals surface area contributed by atoms with Crippen LogP contribution in [0.2, 0.25) is 0 Å². The van der Waals surface area contributed by atoms with Crippen LogP contribution in [0.1, 0.15) is 30.9 Å². The van der Waals surface area contributed by atoms with Crippen LogP contribution < -0.4 is 20.5 Å². The number of primary amides is 1. The van der Waals surface area contributed by atoms with Gasteiger partial charge in [-0.3, -0.25) is 9.59 Å². The summed E-state index contributed by atoms with van der Waals surface area (Å²) in [4.78, 5) is 25.9. The van der Waals surface area contributed by atoms with E-state index in [0.29, 0.717) is 11.3 Å². The van der Waals surface area contributed by atoms with Crippen LogP contribution in [0.5, 0.6) is 11.5 Å². The molecule has 1 aliphatic rings. The molecule has 0 radical (unpaired) electrons. The van der Waals surface area contributed by atoms with Gasteiger partial charge >= 0.3 is 6.61 Å². The zero-order valence-corrected chi connectivity index (χ0v) is 19.7. The van der Waals surface area contributed by atoms with Crippen molar-refractivity contribution in [2.75, 3.05) is 31.6 Å². The van der Waals surface area contributed by atoms with E-state index in [4.69, 9.17) is 10.5 Å². The predicted molar refractivity (Wildman–Crippen MR) is 130 cm³/mol. The molecule has 0 bridgehead atoms. The molecule has 3 N–H and O–H groups in total. The van der Waals surface area contributed by atoms with Gasteiger partial charge in [0.05, 0.1) is 6.61 Å². The lowest BCUT2D eigenvalue weighted by atomic mass is 9.96. The lowest BCUT2D eigenvalue weighted by Crippen LogP contribution is -2.39. The smallest absolute Gasteiger partial charge is 0.387 e. The van der Waals surface area contributed by atoms with Crippen molar-refractivity contribution >= 4 is 23.6 Å². The summed E-state index contributed by atoms with van der Waals surface area (Å²) < 4.78 is 34.9. The molecule has 1 saturated heterocycles. The third-order valence-electron chi connectivity index (χ3n) is 5.84. The number of likely N-dealkylation sites (tertiary alicyclic amines) is 1. The Kier molecular flexibility index (Phi) is 9.60. The normalized spacial score (nSPS) is 14.9. The molecule has 0 aromatic heterocycles. The molecule has 0 atom stereocenters. The van der Waals surface area contributed by atoms with Crippen molar-refractivity contribution < 1.29 is 27.8 Å². The minimum Gasteiger partial charge on any atom is -0.490 e. The highest BCUT2D eigenvalue weighted by atomic mass is 19.3. The number of carbonyl (C=O) groups excluding carboxylic acids is 2. The molecule has 2 aromatic carbocycles. The van der Waals surface area contributed by atoms with Crippen LogP contribution in [0.4, 0.5) is 14.5 Å². The van der Waals surface area contributed by atoms with Gasteiger partial charge in [-0.15, -0.1) is 0 Å². The van der Waals surface area contributed by atoms with E-state index in [1.165, 1.54) is 18.2 Å². The number of piperidine rings is 1. The van der Waals surface area contributed by atoms with E-state index < -0.39 is 6.61 Å². The highest BCUT2D eigenvalue weighted by molar-refractivity contribution is 6.01. The minimum atomic E-state index is -2.95. The summed E-state index contributed by atoms with van der Waals surface area (Å²) in [6, 6.07) is 12.1. The summed E-state index contributed by atoms with van der Waals surface area (Å²) in [5.41, 5.74) is 7.82. The van der Waals surface area contributed by atoms with Crippen molar-refractivity contribution in [3.63, 3.8) is 0 Å². The Bertz CT molecular complexity index is 1020. The average molecular weight is 488 g/mol. The maximum atomic E-state index is 12.5. The van der Waals surface area contributed by atoms with Crippen molar-refractivity contribution in [1.82, 2.24) is 4.90 Å². The Labute approximate surface area is 203 Å². The molecule has 7 nitrogen and oxygen atoms in total. The van der Waals surface area contributed by atoms with E-state index in [1.54, 1.807) is 19.1 Å². The van der Waals surface area contributed by atoms with Crippen molar-refractivity contribution in [2.45, 2.75) is 32.8 Å². The number of hydrogen-bond acceptors (Lipinski definition) is 5. The highest BCUT2D eigenvalue weighted by Crippen LogP contribution is 2.30. The molecule has 2 aromatic rings. The fourth-order valence-corrected chi connectivity index (χ4v) is 3.93. The van der Waals surface area contributed by atoms with Crippen LogP contribution in [0.25, 0.3) is 6.08 Å². The molecular weight excluding hydrogens is 456 g/mol. The largest absolute Gasteiger partial charge is 0.490 e. The fourth-order valence-electron chi connectivity index (χ4n) is 3.93. The van der Waals surface area contributed by atoms with Gasteiger partial charge in [-0.1, -0.05) is 18.2 Å². The predicted octanol–water partition coefficient (Wildman–Crippen LogP) is 4.08. The van der Waals surface area contributed by atoms with Crippen LogP contribution >= 0.6 is 0 Å². The van der Waals surface area contributed by atoms with Gasteiger partial charge in [-0.05, 0) is 80.7 Å². The zero-order chi connectivity index (χ0) is 25.2. The Morgan fingerprint density at radius 1 is 1.14 bits per heavy atom. The van der Waals surface area contributed by atoms with Crippen LogP contribution in [-0.2, 0) is 16.0 Å². The lowest BCUT2D eigenvalue weighted by molar-refractivity contribution is -0.123. The molecule has 3 rings (SSSR count). The average Bonchev–Trinajstić information content (AvgIpc) is 2.84. The number of anilines is 1. The molecular formula is C26H31F2N3O4. The first-order valence-corrected chi connectivity index (χ1v) is 11.7. The van der Waals surface area contributed by atoms with E-state index in [-0.39, 0.29) is 35.8 Å². The second-order valence-corrected chi connectivity index (χ2v) is 8.31. The van der Waals surface area contributed by atoms with Crippen molar-refractivity contribution in [2.24, 2.45) is 11.7 Å². The molecule has 1 aliphatic heterocycles. The lowest BCUT2D eigenvalue weighted by Gasteiger charge is -2.30. The van der Waals surface area contributed by atoms with Gasteiger partial charge in [-0.2, -0.15) is 8.78 Å². The molecule has 188 valence electrons. The van der Waals surface area contributed by atoms with E-state index in [9.17, 15) is 18.4 Å². The van der Waals surface area contributed by atoms with Crippen molar-refractivity contribution in [1.29, 1.82) is 0 Å². The maximum absolute atomic E-state index is 12.5. The molecule has 35 heavy (non-hydrogen) atoms. The summed E-state index contributed by atoms with van der Waals surface area (Å²) in [6.45, 7) is 1.74. The molecule has 1 fully saturated rings. The number of rotatable bonds is 11. The van der Waals surface area contributed by atoms with E-state index in [0.717, 1.165) is 44.5 Å². The third kappa shape index (κ3) is 8.36.